The topological polar surface area (TPSA) is 25.8 Å². The molecular formula is C11H18NOS+. The molecule has 0 saturated carbocycles. The van der Waals surface area contributed by atoms with E-state index in [1.807, 2.05) is 0 Å². The third-order valence-electron chi connectivity index (χ3n) is 2.07. The van der Waals surface area contributed by atoms with E-state index in [0.717, 1.165) is 19.7 Å². The lowest BCUT2D eigenvalue weighted by atomic mass is 10.2. The number of ether oxygens (including phenoxy) is 1. The summed E-state index contributed by atoms with van der Waals surface area (Å²) >= 11 is 1.78. The number of hydrogen-bond acceptors (Lipinski definition) is 2. The van der Waals surface area contributed by atoms with Gasteiger partial charge in [-0.05, 0) is 18.4 Å². The predicted octanol–water partition coefficient (Wildman–Crippen LogP) is 1.12. The van der Waals surface area contributed by atoms with Crippen LogP contribution in [-0.4, -0.2) is 26.5 Å². The monoisotopic (exact) mass is 212 g/mol. The molecule has 0 fully saturated rings. The van der Waals surface area contributed by atoms with Crippen LogP contribution < -0.4 is 5.32 Å². The molecule has 2 N–H and O–H groups in total. The number of benzene rings is 1. The first-order valence-electron chi connectivity index (χ1n) is 4.80. The van der Waals surface area contributed by atoms with Gasteiger partial charge in [-0.25, -0.2) is 0 Å². The molecule has 0 atom stereocenters. The Labute approximate surface area is 90.0 Å². The van der Waals surface area contributed by atoms with Crippen molar-refractivity contribution in [1.82, 2.24) is 0 Å². The van der Waals surface area contributed by atoms with E-state index in [9.17, 15) is 0 Å². The smallest absolute Gasteiger partial charge is 0.101 e. The summed E-state index contributed by atoms with van der Waals surface area (Å²) in [5.41, 5.74) is 1.37. The molecule has 1 aromatic carbocycles. The van der Waals surface area contributed by atoms with Gasteiger partial charge in [0.2, 0.25) is 0 Å². The maximum atomic E-state index is 4.98. The summed E-state index contributed by atoms with van der Waals surface area (Å²) in [4.78, 5) is 1.32. The van der Waals surface area contributed by atoms with Gasteiger partial charge in [0.05, 0.1) is 13.2 Å². The molecule has 0 bridgehead atoms. The second-order valence-electron chi connectivity index (χ2n) is 3.12. The van der Waals surface area contributed by atoms with Gasteiger partial charge in [-0.15, -0.1) is 11.8 Å². The zero-order valence-corrected chi connectivity index (χ0v) is 9.64. The number of rotatable bonds is 6. The van der Waals surface area contributed by atoms with Gasteiger partial charge in [-0.2, -0.15) is 0 Å². The van der Waals surface area contributed by atoms with Crippen molar-refractivity contribution in [3.63, 3.8) is 0 Å². The minimum atomic E-state index is 0.822. The van der Waals surface area contributed by atoms with Gasteiger partial charge in [0.1, 0.15) is 6.54 Å². The van der Waals surface area contributed by atoms with E-state index in [1.54, 1.807) is 18.9 Å². The highest BCUT2D eigenvalue weighted by molar-refractivity contribution is 7.98. The molecule has 0 unspecified atom stereocenters. The van der Waals surface area contributed by atoms with E-state index in [-0.39, 0.29) is 0 Å². The normalized spacial score (nSPS) is 10.4. The van der Waals surface area contributed by atoms with Crippen LogP contribution in [0, 0.1) is 0 Å². The van der Waals surface area contributed by atoms with E-state index in [2.05, 4.69) is 35.8 Å². The summed E-state index contributed by atoms with van der Waals surface area (Å²) in [6.07, 6.45) is 2.10. The fourth-order valence-electron chi connectivity index (χ4n) is 1.23. The summed E-state index contributed by atoms with van der Waals surface area (Å²) < 4.78 is 4.98. The summed E-state index contributed by atoms with van der Waals surface area (Å²) in [5.74, 6) is 0. The molecule has 1 aromatic rings. The molecule has 3 heteroatoms. The molecule has 0 radical (unpaired) electrons. The molecule has 0 saturated heterocycles. The minimum Gasteiger partial charge on any atom is -0.379 e. The Balaban J connectivity index is 2.29. The van der Waals surface area contributed by atoms with Crippen molar-refractivity contribution in [2.45, 2.75) is 11.4 Å². The molecule has 0 aliphatic carbocycles. The van der Waals surface area contributed by atoms with Crippen LogP contribution in [0.25, 0.3) is 0 Å². The van der Waals surface area contributed by atoms with E-state index >= 15 is 0 Å². The van der Waals surface area contributed by atoms with Gasteiger partial charge in [-0.1, -0.05) is 12.1 Å². The Morgan fingerprint density at radius 2 is 2.00 bits per heavy atom. The summed E-state index contributed by atoms with van der Waals surface area (Å²) in [6, 6.07) is 8.72. The Morgan fingerprint density at radius 3 is 2.57 bits per heavy atom. The van der Waals surface area contributed by atoms with Gasteiger partial charge in [0, 0.05) is 17.6 Å². The largest absolute Gasteiger partial charge is 0.379 e. The fraction of sp³-hybridized carbons (Fsp3) is 0.455. The van der Waals surface area contributed by atoms with Crippen LogP contribution in [0.3, 0.4) is 0 Å². The van der Waals surface area contributed by atoms with Crippen LogP contribution in [0.1, 0.15) is 5.56 Å². The van der Waals surface area contributed by atoms with E-state index in [0.29, 0.717) is 0 Å². The first-order chi connectivity index (χ1) is 6.86. The molecule has 0 spiro atoms. The number of quaternary nitrogens is 1. The lowest BCUT2D eigenvalue weighted by molar-refractivity contribution is -0.671. The van der Waals surface area contributed by atoms with Crippen LogP contribution in [0.2, 0.25) is 0 Å². The molecule has 0 aliphatic heterocycles. The highest BCUT2D eigenvalue weighted by Gasteiger charge is 1.95. The maximum Gasteiger partial charge on any atom is 0.101 e. The quantitative estimate of drug-likeness (QED) is 0.565. The van der Waals surface area contributed by atoms with Crippen molar-refractivity contribution in [2.75, 3.05) is 26.5 Å². The zero-order chi connectivity index (χ0) is 10.2. The molecule has 14 heavy (non-hydrogen) atoms. The van der Waals surface area contributed by atoms with Crippen molar-refractivity contribution in [2.24, 2.45) is 0 Å². The highest BCUT2D eigenvalue weighted by Crippen LogP contribution is 2.14. The van der Waals surface area contributed by atoms with Crippen LogP contribution in [0.15, 0.2) is 29.2 Å². The number of hydrogen-bond donors (Lipinski definition) is 1. The maximum absolute atomic E-state index is 4.98. The van der Waals surface area contributed by atoms with E-state index < -0.39 is 0 Å². The third-order valence-corrected chi connectivity index (χ3v) is 2.81. The average molecular weight is 212 g/mol. The van der Waals surface area contributed by atoms with Crippen LogP contribution >= 0.6 is 11.8 Å². The lowest BCUT2D eigenvalue weighted by Crippen LogP contribution is -2.83. The molecule has 2 nitrogen and oxygen atoms in total. The highest BCUT2D eigenvalue weighted by atomic mass is 32.2. The van der Waals surface area contributed by atoms with Crippen molar-refractivity contribution in [3.05, 3.63) is 29.8 Å². The SMILES string of the molecule is COCC[NH2+]Cc1ccc(SC)cc1. The molecule has 78 valence electrons. The molecule has 0 aliphatic rings. The van der Waals surface area contributed by atoms with Crippen LogP contribution in [0.5, 0.6) is 0 Å². The van der Waals surface area contributed by atoms with Gasteiger partial charge in [-0.3, -0.25) is 0 Å². The third kappa shape index (κ3) is 4.13. The second-order valence-corrected chi connectivity index (χ2v) is 4.00. The number of nitrogens with two attached hydrogens (primary N) is 1. The Bertz CT molecular complexity index is 248. The van der Waals surface area contributed by atoms with Crippen molar-refractivity contribution in [3.8, 4) is 0 Å². The molecule has 0 aromatic heterocycles. The standard InChI is InChI=1S/C11H17NOS/c1-13-8-7-12-9-10-3-5-11(14-2)6-4-10/h3-6,12H,7-9H2,1-2H3/p+1. The molecule has 0 heterocycles. The van der Waals surface area contributed by atoms with Gasteiger partial charge >= 0.3 is 0 Å². The first-order valence-corrected chi connectivity index (χ1v) is 6.03. The Kier molecular flexibility index (Phi) is 5.68. The van der Waals surface area contributed by atoms with Gasteiger partial charge < -0.3 is 10.1 Å². The van der Waals surface area contributed by atoms with Crippen molar-refractivity contribution < 1.29 is 10.1 Å². The van der Waals surface area contributed by atoms with Crippen molar-refractivity contribution >= 4 is 11.8 Å². The number of thioether (sulfide) groups is 1. The van der Waals surface area contributed by atoms with E-state index in [4.69, 9.17) is 4.74 Å². The molecule has 1 rings (SSSR count). The van der Waals surface area contributed by atoms with Crippen LogP contribution in [0.4, 0.5) is 0 Å². The zero-order valence-electron chi connectivity index (χ0n) is 8.82. The van der Waals surface area contributed by atoms with E-state index in [1.165, 1.54) is 10.5 Å². The summed E-state index contributed by atoms with van der Waals surface area (Å²) in [7, 11) is 1.74. The Hall–Kier alpha value is -0.510. The Morgan fingerprint density at radius 1 is 1.29 bits per heavy atom. The van der Waals surface area contributed by atoms with Gasteiger partial charge in [0.25, 0.3) is 0 Å². The van der Waals surface area contributed by atoms with Gasteiger partial charge in [0.15, 0.2) is 0 Å². The summed E-state index contributed by atoms with van der Waals surface area (Å²) in [5, 5.41) is 2.26. The minimum absolute atomic E-state index is 0.822. The average Bonchev–Trinajstić information content (AvgIpc) is 2.25. The van der Waals surface area contributed by atoms with Crippen LogP contribution in [-0.2, 0) is 11.3 Å². The molecule has 0 amide bonds. The summed E-state index contributed by atoms with van der Waals surface area (Å²) in [6.45, 7) is 2.89. The molecular weight excluding hydrogens is 194 g/mol. The first kappa shape index (κ1) is 11.6. The fourth-order valence-corrected chi connectivity index (χ4v) is 1.64. The predicted molar refractivity (Wildman–Crippen MR) is 60.6 cm³/mol. The second kappa shape index (κ2) is 6.87. The van der Waals surface area contributed by atoms with Crippen molar-refractivity contribution in [1.29, 1.82) is 0 Å². The number of methoxy groups -OCH3 is 1. The lowest BCUT2D eigenvalue weighted by Gasteiger charge is -2.02.